The van der Waals surface area contributed by atoms with Crippen molar-refractivity contribution in [2.24, 2.45) is 0 Å². The van der Waals surface area contributed by atoms with Crippen LogP contribution in [-0.2, 0) is 0 Å². The lowest BCUT2D eigenvalue weighted by molar-refractivity contribution is 0.410. The number of benzene rings is 2. The average Bonchev–Trinajstić information content (AvgIpc) is 2.41. The minimum atomic E-state index is -0.986. The first-order valence-corrected chi connectivity index (χ1v) is 6.37. The molecule has 0 spiro atoms. The maximum absolute atomic E-state index is 13.9. The van der Waals surface area contributed by atoms with Gasteiger partial charge < -0.3 is 4.74 Å². The lowest BCUT2D eigenvalue weighted by Crippen LogP contribution is -2.01. The number of hydrogen-bond acceptors (Lipinski definition) is 1. The molecule has 0 bridgehead atoms. The molecule has 0 aromatic heterocycles. The van der Waals surface area contributed by atoms with Gasteiger partial charge in [-0.3, -0.25) is 0 Å². The standard InChI is InChI=1S/C14H10BrF3O/c1-19-8-5-6-9(12(17)7-8)13(15)10-3-2-4-11(16)14(10)18/h2-7,13H,1H3. The molecule has 0 amide bonds. The quantitative estimate of drug-likeness (QED) is 0.747. The lowest BCUT2D eigenvalue weighted by atomic mass is 10.0. The fourth-order valence-corrected chi connectivity index (χ4v) is 2.45. The molecule has 0 aliphatic heterocycles. The number of rotatable bonds is 3. The second-order valence-corrected chi connectivity index (χ2v) is 4.81. The van der Waals surface area contributed by atoms with Gasteiger partial charge in [0, 0.05) is 17.2 Å². The van der Waals surface area contributed by atoms with Crippen LogP contribution in [0.4, 0.5) is 13.2 Å². The topological polar surface area (TPSA) is 9.23 Å². The van der Waals surface area contributed by atoms with E-state index in [-0.39, 0.29) is 11.1 Å². The Morgan fingerprint density at radius 3 is 2.37 bits per heavy atom. The monoisotopic (exact) mass is 330 g/mol. The van der Waals surface area contributed by atoms with E-state index in [2.05, 4.69) is 15.9 Å². The second-order valence-electron chi connectivity index (χ2n) is 3.89. The van der Waals surface area contributed by atoms with Crippen molar-refractivity contribution in [3.05, 3.63) is 65.0 Å². The van der Waals surface area contributed by atoms with Crippen LogP contribution < -0.4 is 4.74 Å². The van der Waals surface area contributed by atoms with Crippen molar-refractivity contribution in [2.45, 2.75) is 4.83 Å². The zero-order valence-corrected chi connectivity index (χ0v) is 11.5. The third-order valence-electron chi connectivity index (χ3n) is 2.74. The molecule has 0 saturated heterocycles. The van der Waals surface area contributed by atoms with E-state index in [1.165, 1.54) is 31.4 Å². The highest BCUT2D eigenvalue weighted by Crippen LogP contribution is 2.35. The Hall–Kier alpha value is -1.49. The molecule has 0 N–H and O–H groups in total. The molecule has 0 heterocycles. The molecule has 2 aromatic carbocycles. The van der Waals surface area contributed by atoms with Crippen LogP contribution in [0.3, 0.4) is 0 Å². The number of hydrogen-bond donors (Lipinski definition) is 0. The van der Waals surface area contributed by atoms with E-state index in [0.717, 1.165) is 6.07 Å². The summed E-state index contributed by atoms with van der Waals surface area (Å²) in [5, 5.41) is 0. The second kappa shape index (κ2) is 5.65. The Balaban J connectivity index is 2.44. The van der Waals surface area contributed by atoms with Gasteiger partial charge in [0.05, 0.1) is 11.9 Å². The van der Waals surface area contributed by atoms with E-state index in [4.69, 9.17) is 4.74 Å². The van der Waals surface area contributed by atoms with E-state index >= 15 is 0 Å². The first-order valence-electron chi connectivity index (χ1n) is 5.46. The Morgan fingerprint density at radius 2 is 1.74 bits per heavy atom. The highest BCUT2D eigenvalue weighted by molar-refractivity contribution is 9.09. The smallest absolute Gasteiger partial charge is 0.163 e. The summed E-state index contributed by atoms with van der Waals surface area (Å²) in [5.74, 6) is -2.14. The largest absolute Gasteiger partial charge is 0.497 e. The number of methoxy groups -OCH3 is 1. The average molecular weight is 331 g/mol. The SMILES string of the molecule is COc1ccc(C(Br)c2cccc(F)c2F)c(F)c1. The summed E-state index contributed by atoms with van der Waals surface area (Å²) >= 11 is 3.19. The third-order valence-corrected chi connectivity index (χ3v) is 3.72. The molecule has 0 radical (unpaired) electrons. The van der Waals surface area contributed by atoms with E-state index in [9.17, 15) is 13.2 Å². The van der Waals surface area contributed by atoms with Gasteiger partial charge in [0.25, 0.3) is 0 Å². The van der Waals surface area contributed by atoms with Gasteiger partial charge in [-0.15, -0.1) is 0 Å². The van der Waals surface area contributed by atoms with Gasteiger partial charge in [0.2, 0.25) is 0 Å². The summed E-state index contributed by atoms with van der Waals surface area (Å²) in [6.07, 6.45) is 0. The number of ether oxygens (including phenoxy) is 1. The minimum Gasteiger partial charge on any atom is -0.497 e. The predicted octanol–water partition coefficient (Wildman–Crippen LogP) is 4.60. The Morgan fingerprint density at radius 1 is 1.00 bits per heavy atom. The highest BCUT2D eigenvalue weighted by atomic mass is 79.9. The van der Waals surface area contributed by atoms with Crippen LogP contribution >= 0.6 is 15.9 Å². The molecule has 2 rings (SSSR count). The van der Waals surface area contributed by atoms with Gasteiger partial charge in [-0.1, -0.05) is 34.1 Å². The fourth-order valence-electron chi connectivity index (χ4n) is 1.72. The van der Waals surface area contributed by atoms with Gasteiger partial charge >= 0.3 is 0 Å². The Labute approximate surface area is 117 Å². The van der Waals surface area contributed by atoms with Crippen LogP contribution in [0.25, 0.3) is 0 Å². The van der Waals surface area contributed by atoms with Crippen LogP contribution in [0.1, 0.15) is 16.0 Å². The summed E-state index contributed by atoms with van der Waals surface area (Å²) in [5.41, 5.74) is 0.259. The van der Waals surface area contributed by atoms with Crippen molar-refractivity contribution < 1.29 is 17.9 Å². The van der Waals surface area contributed by atoms with Crippen molar-refractivity contribution in [2.75, 3.05) is 7.11 Å². The van der Waals surface area contributed by atoms with Gasteiger partial charge in [-0.2, -0.15) is 0 Å². The first kappa shape index (κ1) is 13.9. The normalized spacial score (nSPS) is 12.3. The molecule has 0 aliphatic carbocycles. The lowest BCUT2D eigenvalue weighted by Gasteiger charge is -2.13. The van der Waals surface area contributed by atoms with Gasteiger partial charge in [0.15, 0.2) is 11.6 Å². The maximum atomic E-state index is 13.9. The van der Waals surface area contributed by atoms with Crippen molar-refractivity contribution in [3.63, 3.8) is 0 Å². The van der Waals surface area contributed by atoms with Crippen molar-refractivity contribution in [1.29, 1.82) is 0 Å². The molecule has 0 saturated carbocycles. The molecular formula is C14H10BrF3O. The third kappa shape index (κ3) is 2.76. The molecule has 0 aliphatic rings. The molecule has 19 heavy (non-hydrogen) atoms. The van der Waals surface area contributed by atoms with E-state index in [1.54, 1.807) is 6.07 Å². The van der Waals surface area contributed by atoms with Gasteiger partial charge in [-0.05, 0) is 12.1 Å². The van der Waals surface area contributed by atoms with E-state index in [0.29, 0.717) is 5.75 Å². The minimum absolute atomic E-state index is 0.0454. The van der Waals surface area contributed by atoms with E-state index in [1.807, 2.05) is 0 Å². The molecule has 2 aromatic rings. The predicted molar refractivity (Wildman–Crippen MR) is 70.1 cm³/mol. The molecule has 100 valence electrons. The van der Waals surface area contributed by atoms with Crippen LogP contribution in [0, 0.1) is 17.5 Å². The van der Waals surface area contributed by atoms with Gasteiger partial charge in [0.1, 0.15) is 11.6 Å². The molecule has 5 heteroatoms. The van der Waals surface area contributed by atoms with Crippen molar-refractivity contribution in [1.82, 2.24) is 0 Å². The summed E-state index contributed by atoms with van der Waals surface area (Å²) in [7, 11) is 1.42. The van der Waals surface area contributed by atoms with Crippen molar-refractivity contribution >= 4 is 15.9 Å². The Bertz CT molecular complexity index is 601. The summed E-state index contributed by atoms with van der Waals surface area (Å²) in [4.78, 5) is -0.769. The summed E-state index contributed by atoms with van der Waals surface area (Å²) in [6.45, 7) is 0. The van der Waals surface area contributed by atoms with Crippen molar-refractivity contribution in [3.8, 4) is 5.75 Å². The number of alkyl halides is 1. The maximum Gasteiger partial charge on any atom is 0.163 e. The van der Waals surface area contributed by atoms with Crippen LogP contribution in [-0.4, -0.2) is 7.11 Å². The summed E-state index contributed by atoms with van der Waals surface area (Å²) in [6, 6.07) is 8.02. The highest BCUT2D eigenvalue weighted by Gasteiger charge is 2.20. The fraction of sp³-hybridized carbons (Fsp3) is 0.143. The van der Waals surface area contributed by atoms with Crippen LogP contribution in [0.2, 0.25) is 0 Å². The van der Waals surface area contributed by atoms with Crippen LogP contribution in [0.5, 0.6) is 5.75 Å². The van der Waals surface area contributed by atoms with Gasteiger partial charge in [-0.25, -0.2) is 13.2 Å². The molecule has 1 nitrogen and oxygen atoms in total. The first-order chi connectivity index (χ1) is 9.04. The summed E-state index contributed by atoms with van der Waals surface area (Å²) < 4.78 is 45.6. The molecule has 1 atom stereocenters. The Kier molecular flexibility index (Phi) is 4.14. The molecule has 1 unspecified atom stereocenters. The van der Waals surface area contributed by atoms with E-state index < -0.39 is 22.3 Å². The zero-order valence-electron chi connectivity index (χ0n) is 9.96. The molecular weight excluding hydrogens is 321 g/mol. The van der Waals surface area contributed by atoms with Crippen LogP contribution in [0.15, 0.2) is 36.4 Å². The number of halogens is 4. The zero-order chi connectivity index (χ0) is 14.0. The molecule has 0 fully saturated rings.